The maximum Gasteiger partial charge on any atom is 0.323 e. The zero-order valence-electron chi connectivity index (χ0n) is 12.2. The Balaban J connectivity index is 2.16. The highest BCUT2D eigenvalue weighted by molar-refractivity contribution is 5.96. The lowest BCUT2D eigenvalue weighted by Crippen LogP contribution is -2.36. The van der Waals surface area contributed by atoms with Gasteiger partial charge >= 0.3 is 5.97 Å². The molecule has 0 radical (unpaired) electrons. The first kappa shape index (κ1) is 15.5. The fourth-order valence-electron chi connectivity index (χ4n) is 2.59. The van der Waals surface area contributed by atoms with Crippen LogP contribution in [-0.2, 0) is 9.53 Å². The van der Waals surface area contributed by atoms with Crippen LogP contribution >= 0.6 is 0 Å². The molecule has 1 aliphatic heterocycles. The van der Waals surface area contributed by atoms with E-state index in [0.717, 1.165) is 25.0 Å². The number of hydrogen-bond acceptors (Lipinski definition) is 3. The average Bonchev–Trinajstić information content (AvgIpc) is 3.00. The molecule has 114 valence electrons. The second-order valence-corrected chi connectivity index (χ2v) is 5.31. The van der Waals surface area contributed by atoms with Crippen molar-refractivity contribution in [2.24, 2.45) is 0 Å². The summed E-state index contributed by atoms with van der Waals surface area (Å²) >= 11 is 0. The van der Waals surface area contributed by atoms with Crippen molar-refractivity contribution in [3.63, 3.8) is 0 Å². The Morgan fingerprint density at radius 2 is 2.24 bits per heavy atom. The van der Waals surface area contributed by atoms with Gasteiger partial charge in [0.25, 0.3) is 5.91 Å². The number of carboxylic acid groups (broad SMARTS) is 1. The number of carbonyl (C=O) groups excluding carboxylic acids is 1. The molecule has 0 aromatic heterocycles. The molecule has 2 rings (SSSR count). The molecule has 1 aromatic rings. The van der Waals surface area contributed by atoms with Crippen LogP contribution in [0.2, 0.25) is 0 Å². The van der Waals surface area contributed by atoms with Crippen LogP contribution in [0, 0.1) is 0 Å². The largest absolute Gasteiger partial charge is 0.480 e. The Morgan fingerprint density at radius 3 is 2.86 bits per heavy atom. The molecule has 1 aromatic carbocycles. The minimum atomic E-state index is -0.989. The van der Waals surface area contributed by atoms with Crippen LogP contribution in [0.4, 0.5) is 0 Å². The van der Waals surface area contributed by atoms with E-state index < -0.39 is 5.97 Å². The zero-order chi connectivity index (χ0) is 15.2. The minimum Gasteiger partial charge on any atom is -0.480 e. The van der Waals surface area contributed by atoms with Crippen molar-refractivity contribution in [1.82, 2.24) is 4.90 Å². The van der Waals surface area contributed by atoms with Crippen LogP contribution in [0.5, 0.6) is 0 Å². The van der Waals surface area contributed by atoms with Crippen molar-refractivity contribution in [2.75, 3.05) is 26.3 Å². The van der Waals surface area contributed by atoms with Gasteiger partial charge in [0, 0.05) is 24.6 Å². The van der Waals surface area contributed by atoms with Crippen LogP contribution in [0.15, 0.2) is 24.3 Å². The molecule has 0 saturated carbocycles. The Labute approximate surface area is 124 Å². The van der Waals surface area contributed by atoms with Crippen LogP contribution in [0.25, 0.3) is 0 Å². The molecule has 0 spiro atoms. The van der Waals surface area contributed by atoms with Gasteiger partial charge in [-0.25, -0.2) is 0 Å². The molecule has 0 aliphatic carbocycles. The van der Waals surface area contributed by atoms with E-state index in [-0.39, 0.29) is 12.5 Å². The van der Waals surface area contributed by atoms with Crippen molar-refractivity contribution in [1.29, 1.82) is 0 Å². The highest BCUT2D eigenvalue weighted by Crippen LogP contribution is 2.26. The van der Waals surface area contributed by atoms with E-state index in [4.69, 9.17) is 9.84 Å². The molecular formula is C16H21NO4. The Kier molecular flexibility index (Phi) is 5.33. The normalized spacial score (nSPS) is 17.7. The monoisotopic (exact) mass is 291 g/mol. The van der Waals surface area contributed by atoms with Crippen LogP contribution < -0.4 is 0 Å². The van der Waals surface area contributed by atoms with Gasteiger partial charge < -0.3 is 14.7 Å². The average molecular weight is 291 g/mol. The molecule has 1 saturated heterocycles. The Hall–Kier alpha value is -1.88. The zero-order valence-corrected chi connectivity index (χ0v) is 12.2. The number of amides is 1. The second-order valence-electron chi connectivity index (χ2n) is 5.31. The van der Waals surface area contributed by atoms with E-state index in [2.05, 4.69) is 0 Å². The third-order valence-corrected chi connectivity index (χ3v) is 3.64. The molecule has 21 heavy (non-hydrogen) atoms. The molecular weight excluding hydrogens is 270 g/mol. The number of nitrogens with zero attached hydrogens (tertiary/aromatic N) is 1. The summed E-state index contributed by atoms with van der Waals surface area (Å²) in [5.41, 5.74) is 1.64. The summed E-state index contributed by atoms with van der Waals surface area (Å²) in [6.07, 6.45) is 1.70. The summed E-state index contributed by atoms with van der Waals surface area (Å²) in [7, 11) is 0. The third kappa shape index (κ3) is 4.04. The summed E-state index contributed by atoms with van der Waals surface area (Å²) in [4.78, 5) is 24.7. The quantitative estimate of drug-likeness (QED) is 0.872. The first-order valence-corrected chi connectivity index (χ1v) is 7.30. The molecule has 5 heteroatoms. The van der Waals surface area contributed by atoms with E-state index in [1.807, 2.05) is 25.1 Å². The highest BCUT2D eigenvalue weighted by Gasteiger charge is 2.21. The maximum absolute atomic E-state index is 12.5. The van der Waals surface area contributed by atoms with Crippen LogP contribution in [-0.4, -0.2) is 48.2 Å². The molecule has 1 fully saturated rings. The smallest absolute Gasteiger partial charge is 0.323 e. The number of carboxylic acids is 1. The number of carbonyl (C=O) groups is 2. The van der Waals surface area contributed by atoms with Gasteiger partial charge in [-0.3, -0.25) is 9.59 Å². The van der Waals surface area contributed by atoms with Gasteiger partial charge in [0.15, 0.2) is 0 Å². The lowest BCUT2D eigenvalue weighted by Gasteiger charge is -2.20. The molecule has 1 N–H and O–H groups in total. The second kappa shape index (κ2) is 7.22. The van der Waals surface area contributed by atoms with E-state index >= 15 is 0 Å². The van der Waals surface area contributed by atoms with E-state index in [0.29, 0.717) is 24.6 Å². The summed E-state index contributed by atoms with van der Waals surface area (Å²) in [5.74, 6) is -0.881. The van der Waals surface area contributed by atoms with Crippen molar-refractivity contribution in [3.05, 3.63) is 35.4 Å². The molecule has 1 atom stereocenters. The molecule has 1 heterocycles. The number of benzene rings is 1. The minimum absolute atomic E-state index is 0.222. The predicted octanol–water partition coefficient (Wildman–Crippen LogP) is 2.13. The van der Waals surface area contributed by atoms with E-state index in [1.165, 1.54) is 4.90 Å². The van der Waals surface area contributed by atoms with E-state index in [1.54, 1.807) is 6.07 Å². The first-order chi connectivity index (χ1) is 10.1. The molecule has 1 unspecified atom stereocenters. The molecule has 1 aliphatic rings. The van der Waals surface area contributed by atoms with Gasteiger partial charge in [0.05, 0.1) is 6.61 Å². The number of aliphatic carboxylic acids is 1. The van der Waals surface area contributed by atoms with Gasteiger partial charge in [-0.05, 0) is 30.5 Å². The van der Waals surface area contributed by atoms with Gasteiger partial charge in [0.1, 0.15) is 6.54 Å². The maximum atomic E-state index is 12.5. The van der Waals surface area contributed by atoms with E-state index in [9.17, 15) is 9.59 Å². The fraction of sp³-hybridized carbons (Fsp3) is 0.500. The van der Waals surface area contributed by atoms with Gasteiger partial charge in [-0.2, -0.15) is 0 Å². The molecule has 5 nitrogen and oxygen atoms in total. The van der Waals surface area contributed by atoms with Crippen molar-refractivity contribution >= 4 is 11.9 Å². The van der Waals surface area contributed by atoms with Gasteiger partial charge in [0.2, 0.25) is 0 Å². The lowest BCUT2D eigenvalue weighted by atomic mass is 9.96. The number of hydrogen-bond donors (Lipinski definition) is 1. The highest BCUT2D eigenvalue weighted by atomic mass is 16.5. The Bertz CT molecular complexity index is 509. The predicted molar refractivity (Wildman–Crippen MR) is 78.4 cm³/mol. The van der Waals surface area contributed by atoms with Crippen LogP contribution in [0.1, 0.15) is 41.6 Å². The topological polar surface area (TPSA) is 66.8 Å². The van der Waals surface area contributed by atoms with Crippen molar-refractivity contribution in [3.8, 4) is 0 Å². The van der Waals surface area contributed by atoms with Crippen LogP contribution in [0.3, 0.4) is 0 Å². The standard InChI is InChI=1S/C16H21NO4/c1-2-7-17(10-15(18)19)16(20)13-5-3-4-12(9-13)14-6-8-21-11-14/h3-5,9,14H,2,6-8,10-11H2,1H3,(H,18,19). The SMILES string of the molecule is CCCN(CC(=O)O)C(=O)c1cccc(C2CCOC2)c1. The molecule has 0 bridgehead atoms. The fourth-order valence-corrected chi connectivity index (χ4v) is 2.59. The summed E-state index contributed by atoms with van der Waals surface area (Å²) in [5, 5.41) is 8.92. The molecule has 1 amide bonds. The summed E-state index contributed by atoms with van der Waals surface area (Å²) in [6.45, 7) is 3.55. The summed E-state index contributed by atoms with van der Waals surface area (Å²) in [6, 6.07) is 7.46. The first-order valence-electron chi connectivity index (χ1n) is 7.30. The van der Waals surface area contributed by atoms with Crippen molar-refractivity contribution < 1.29 is 19.4 Å². The lowest BCUT2D eigenvalue weighted by molar-refractivity contribution is -0.137. The Morgan fingerprint density at radius 1 is 1.43 bits per heavy atom. The van der Waals surface area contributed by atoms with Crippen molar-refractivity contribution in [2.45, 2.75) is 25.7 Å². The number of rotatable bonds is 6. The summed E-state index contributed by atoms with van der Waals surface area (Å²) < 4.78 is 5.38. The van der Waals surface area contributed by atoms with Gasteiger partial charge in [-0.15, -0.1) is 0 Å². The van der Waals surface area contributed by atoms with Gasteiger partial charge in [-0.1, -0.05) is 19.1 Å². The third-order valence-electron chi connectivity index (χ3n) is 3.64. The number of ether oxygens (including phenoxy) is 1.